The Hall–Kier alpha value is -3.16. The highest BCUT2D eigenvalue weighted by molar-refractivity contribution is 5.91. The molecule has 1 aliphatic heterocycles. The van der Waals surface area contributed by atoms with Gasteiger partial charge in [-0.15, -0.1) is 0 Å². The first-order valence-corrected chi connectivity index (χ1v) is 8.17. The fourth-order valence-corrected chi connectivity index (χ4v) is 3.01. The van der Waals surface area contributed by atoms with Gasteiger partial charge in [-0.25, -0.2) is 4.52 Å². The molecule has 2 N–H and O–H groups in total. The van der Waals surface area contributed by atoms with Crippen LogP contribution in [0.5, 0.6) is 5.88 Å². The van der Waals surface area contributed by atoms with Crippen LogP contribution in [0.15, 0.2) is 42.9 Å². The number of aromatic nitrogens is 4. The first kappa shape index (κ1) is 15.4. The van der Waals surface area contributed by atoms with Gasteiger partial charge in [0, 0.05) is 56.1 Å². The third kappa shape index (κ3) is 3.23. The number of hydrogen-bond acceptors (Lipinski definition) is 6. The lowest BCUT2D eigenvalue weighted by atomic mass is 10.1. The van der Waals surface area contributed by atoms with Crippen LogP contribution in [0.2, 0.25) is 0 Å². The molecule has 0 unspecified atom stereocenters. The van der Waals surface area contributed by atoms with Gasteiger partial charge in [-0.2, -0.15) is 10.1 Å². The molecule has 1 amide bonds. The molecule has 3 aromatic rings. The van der Waals surface area contributed by atoms with E-state index < -0.39 is 5.91 Å². The van der Waals surface area contributed by atoms with E-state index in [4.69, 9.17) is 10.5 Å². The maximum atomic E-state index is 11.3. The summed E-state index contributed by atoms with van der Waals surface area (Å²) >= 11 is 0. The van der Waals surface area contributed by atoms with Crippen LogP contribution in [0.25, 0.3) is 5.65 Å². The molecule has 3 aromatic heterocycles. The smallest absolute Gasteiger partial charge is 0.267 e. The summed E-state index contributed by atoms with van der Waals surface area (Å²) in [6, 6.07) is 7.30. The van der Waals surface area contributed by atoms with Crippen LogP contribution in [0.3, 0.4) is 0 Å². The van der Waals surface area contributed by atoms with Crippen LogP contribution in [0.4, 0.5) is 5.69 Å². The Morgan fingerprint density at radius 3 is 2.84 bits per heavy atom. The van der Waals surface area contributed by atoms with Crippen molar-refractivity contribution in [1.82, 2.24) is 19.6 Å². The number of hydrogen-bond donors (Lipinski definition) is 1. The minimum atomic E-state index is -0.513. The van der Waals surface area contributed by atoms with Gasteiger partial charge < -0.3 is 15.4 Å². The number of ether oxygens (including phenoxy) is 1. The predicted molar refractivity (Wildman–Crippen MR) is 91.6 cm³/mol. The fraction of sp³-hybridized carbons (Fsp3) is 0.294. The number of nitrogens with two attached hydrogens (primary N) is 1. The lowest BCUT2D eigenvalue weighted by molar-refractivity contribution is 0.0995. The van der Waals surface area contributed by atoms with Crippen LogP contribution in [-0.4, -0.2) is 44.7 Å². The molecular formula is C17H18N6O2. The van der Waals surface area contributed by atoms with Crippen LogP contribution in [0, 0.1) is 0 Å². The Morgan fingerprint density at radius 1 is 1.20 bits per heavy atom. The maximum absolute atomic E-state index is 11.3. The molecule has 25 heavy (non-hydrogen) atoms. The maximum Gasteiger partial charge on any atom is 0.267 e. The van der Waals surface area contributed by atoms with Gasteiger partial charge in [-0.1, -0.05) is 0 Å². The molecule has 1 fully saturated rings. The predicted octanol–water partition coefficient (Wildman–Crippen LogP) is 1.27. The molecule has 0 bridgehead atoms. The van der Waals surface area contributed by atoms with E-state index in [1.165, 1.54) is 0 Å². The summed E-state index contributed by atoms with van der Waals surface area (Å²) in [5, 5.41) is 4.12. The lowest BCUT2D eigenvalue weighted by Crippen LogP contribution is -2.38. The van der Waals surface area contributed by atoms with E-state index in [1.54, 1.807) is 23.0 Å². The van der Waals surface area contributed by atoms with Gasteiger partial charge in [0.1, 0.15) is 11.8 Å². The van der Waals surface area contributed by atoms with E-state index in [2.05, 4.69) is 20.0 Å². The Balaban J connectivity index is 1.39. The number of carbonyl (C=O) groups is 1. The molecule has 1 aliphatic rings. The highest BCUT2D eigenvalue weighted by Crippen LogP contribution is 2.23. The molecule has 4 rings (SSSR count). The molecule has 4 heterocycles. The lowest BCUT2D eigenvalue weighted by Gasteiger charge is -2.33. The average molecular weight is 338 g/mol. The topological polar surface area (TPSA) is 98.6 Å². The molecule has 0 spiro atoms. The van der Waals surface area contributed by atoms with Gasteiger partial charge in [0.05, 0.1) is 6.20 Å². The molecule has 8 heteroatoms. The Bertz CT molecular complexity index is 901. The number of amides is 1. The largest absolute Gasteiger partial charge is 0.474 e. The third-order valence-electron chi connectivity index (χ3n) is 4.32. The molecule has 128 valence electrons. The zero-order chi connectivity index (χ0) is 17.2. The van der Waals surface area contributed by atoms with Gasteiger partial charge in [0.15, 0.2) is 5.65 Å². The van der Waals surface area contributed by atoms with Crippen LogP contribution in [0.1, 0.15) is 23.3 Å². The molecular weight excluding hydrogens is 320 g/mol. The minimum absolute atomic E-state index is 0.117. The number of carbonyl (C=O) groups excluding carboxylic acids is 1. The number of piperidine rings is 1. The summed E-state index contributed by atoms with van der Waals surface area (Å²) in [4.78, 5) is 21.9. The first-order chi connectivity index (χ1) is 12.2. The van der Waals surface area contributed by atoms with E-state index in [0.717, 1.165) is 37.3 Å². The van der Waals surface area contributed by atoms with Crippen molar-refractivity contribution < 1.29 is 9.53 Å². The molecule has 0 aromatic carbocycles. The first-order valence-electron chi connectivity index (χ1n) is 8.17. The van der Waals surface area contributed by atoms with E-state index in [0.29, 0.717) is 5.88 Å². The zero-order valence-electron chi connectivity index (χ0n) is 13.6. The Labute approximate surface area is 144 Å². The van der Waals surface area contributed by atoms with E-state index in [1.807, 2.05) is 24.4 Å². The van der Waals surface area contributed by atoms with E-state index in [9.17, 15) is 4.79 Å². The molecule has 0 radical (unpaired) electrons. The van der Waals surface area contributed by atoms with Gasteiger partial charge >= 0.3 is 0 Å². The second-order valence-corrected chi connectivity index (χ2v) is 5.97. The van der Waals surface area contributed by atoms with Crippen molar-refractivity contribution >= 4 is 17.2 Å². The summed E-state index contributed by atoms with van der Waals surface area (Å²) in [6.07, 6.45) is 7.03. The molecule has 8 nitrogen and oxygen atoms in total. The van der Waals surface area contributed by atoms with E-state index >= 15 is 0 Å². The summed E-state index contributed by atoms with van der Waals surface area (Å²) in [5.41, 5.74) is 7.31. The summed E-state index contributed by atoms with van der Waals surface area (Å²) < 4.78 is 7.72. The minimum Gasteiger partial charge on any atom is -0.474 e. The van der Waals surface area contributed by atoms with Crippen LogP contribution < -0.4 is 15.4 Å². The quantitative estimate of drug-likeness (QED) is 0.769. The van der Waals surface area contributed by atoms with Gasteiger partial charge in [0.25, 0.3) is 5.91 Å². The molecule has 0 saturated carbocycles. The summed E-state index contributed by atoms with van der Waals surface area (Å²) in [7, 11) is 0. The number of primary amides is 1. The van der Waals surface area contributed by atoms with Gasteiger partial charge in [-0.05, 0) is 12.1 Å². The van der Waals surface area contributed by atoms with Crippen molar-refractivity contribution in [2.75, 3.05) is 18.0 Å². The second kappa shape index (κ2) is 6.39. The van der Waals surface area contributed by atoms with Crippen molar-refractivity contribution in [2.24, 2.45) is 5.73 Å². The molecule has 0 atom stereocenters. The zero-order valence-corrected chi connectivity index (χ0v) is 13.6. The Morgan fingerprint density at radius 2 is 2.04 bits per heavy atom. The molecule has 0 aliphatic carbocycles. The fourth-order valence-electron chi connectivity index (χ4n) is 3.01. The summed E-state index contributed by atoms with van der Waals surface area (Å²) in [5.74, 6) is 0.104. The van der Waals surface area contributed by atoms with Crippen molar-refractivity contribution in [3.05, 3.63) is 48.5 Å². The highest BCUT2D eigenvalue weighted by Gasteiger charge is 2.22. The normalized spacial score (nSPS) is 15.4. The second-order valence-electron chi connectivity index (χ2n) is 5.97. The highest BCUT2D eigenvalue weighted by atomic mass is 16.5. The van der Waals surface area contributed by atoms with Gasteiger partial charge in [0.2, 0.25) is 5.88 Å². The summed E-state index contributed by atoms with van der Waals surface area (Å²) in [6.45, 7) is 1.67. The standard InChI is InChI=1S/C17H18N6O2/c18-17(24)14-11-12(1-6-19-14)22-8-3-13(4-9-22)25-16-5-10-23-15(21-16)2-7-20-23/h1-2,5-7,10-11,13H,3-4,8-9H2,(H2,18,24). The van der Waals surface area contributed by atoms with E-state index in [-0.39, 0.29) is 11.8 Å². The van der Waals surface area contributed by atoms with Gasteiger partial charge in [-0.3, -0.25) is 9.78 Å². The third-order valence-corrected chi connectivity index (χ3v) is 4.32. The Kier molecular flexibility index (Phi) is 3.93. The molecule has 1 saturated heterocycles. The monoisotopic (exact) mass is 338 g/mol. The van der Waals surface area contributed by atoms with Crippen molar-refractivity contribution in [1.29, 1.82) is 0 Å². The van der Waals surface area contributed by atoms with Crippen molar-refractivity contribution in [3.8, 4) is 5.88 Å². The van der Waals surface area contributed by atoms with Crippen molar-refractivity contribution in [2.45, 2.75) is 18.9 Å². The number of pyridine rings is 1. The van der Waals surface area contributed by atoms with Crippen LogP contribution in [-0.2, 0) is 0 Å². The number of rotatable bonds is 4. The number of fused-ring (bicyclic) bond motifs is 1. The average Bonchev–Trinajstić information content (AvgIpc) is 3.10. The number of anilines is 1. The number of nitrogens with zero attached hydrogens (tertiary/aromatic N) is 5. The van der Waals surface area contributed by atoms with Crippen molar-refractivity contribution in [3.63, 3.8) is 0 Å². The SMILES string of the molecule is NC(=O)c1cc(N2CCC(Oc3ccn4nccc4n3)CC2)ccn1. The van der Waals surface area contributed by atoms with Crippen LogP contribution >= 0.6 is 0 Å².